The molecule has 0 aliphatic heterocycles. The number of hydrogen-bond acceptors (Lipinski definition) is 3. The topological polar surface area (TPSA) is 70.6 Å². The molecule has 0 heterocycles. The number of hydrazone groups is 1. The quantitative estimate of drug-likeness (QED) is 0.404. The van der Waals surface area contributed by atoms with Crippen LogP contribution in [-0.4, -0.2) is 17.5 Å². The highest BCUT2D eigenvalue weighted by atomic mass is 35.5. The highest BCUT2D eigenvalue weighted by molar-refractivity contribution is 6.33. The van der Waals surface area contributed by atoms with Crippen LogP contribution in [0.4, 0.5) is 5.69 Å². The summed E-state index contributed by atoms with van der Waals surface area (Å²) in [6.45, 7) is 1.82. The summed E-state index contributed by atoms with van der Waals surface area (Å²) in [6.07, 6.45) is 0.0669. The van der Waals surface area contributed by atoms with E-state index in [-0.39, 0.29) is 24.7 Å². The zero-order chi connectivity index (χ0) is 21.3. The molecule has 0 aliphatic carbocycles. The lowest BCUT2D eigenvalue weighted by molar-refractivity contribution is -0.124. The van der Waals surface area contributed by atoms with Crippen LogP contribution in [-0.2, 0) is 9.59 Å². The maximum atomic E-state index is 12.0. The average molecular weight is 420 g/mol. The number of carbonyl (C=O) groups is 2. The standard InChI is InChI=1S/C24H22ClN3O2/c1-17(18-11-13-20(14-12-18)19-7-3-2-4-8-19)27-28-24(30)16-15-23(29)26-22-10-6-5-9-21(22)25/h2-14H,15-16H2,1H3,(H,26,29)(H,28,30). The van der Waals surface area contributed by atoms with Crippen molar-refractivity contribution in [2.24, 2.45) is 5.10 Å². The van der Waals surface area contributed by atoms with Gasteiger partial charge in [-0.2, -0.15) is 5.10 Å². The first kappa shape index (κ1) is 21.3. The SMILES string of the molecule is CC(=NNC(=O)CCC(=O)Nc1ccccc1Cl)c1ccc(-c2ccccc2)cc1. The summed E-state index contributed by atoms with van der Waals surface area (Å²) >= 11 is 6.01. The Kier molecular flexibility index (Phi) is 7.35. The molecule has 3 aromatic rings. The first-order chi connectivity index (χ1) is 14.5. The number of anilines is 1. The minimum atomic E-state index is -0.329. The minimum absolute atomic E-state index is 0.0278. The van der Waals surface area contributed by atoms with Crippen LogP contribution in [0, 0.1) is 0 Å². The summed E-state index contributed by atoms with van der Waals surface area (Å²) in [5, 5.41) is 7.28. The summed E-state index contributed by atoms with van der Waals surface area (Å²) in [5.41, 5.74) is 6.87. The largest absolute Gasteiger partial charge is 0.325 e. The molecule has 0 spiro atoms. The Morgan fingerprint density at radius 1 is 0.800 bits per heavy atom. The van der Waals surface area contributed by atoms with Crippen LogP contribution in [0.1, 0.15) is 25.3 Å². The van der Waals surface area contributed by atoms with E-state index < -0.39 is 0 Å². The van der Waals surface area contributed by atoms with Gasteiger partial charge >= 0.3 is 0 Å². The predicted octanol–water partition coefficient (Wildman–Crippen LogP) is 5.27. The molecule has 0 aliphatic rings. The number of benzene rings is 3. The van der Waals surface area contributed by atoms with Gasteiger partial charge in [-0.3, -0.25) is 9.59 Å². The van der Waals surface area contributed by atoms with Crippen LogP contribution in [0.2, 0.25) is 5.02 Å². The zero-order valence-electron chi connectivity index (χ0n) is 16.6. The Morgan fingerprint density at radius 2 is 1.40 bits per heavy atom. The van der Waals surface area contributed by atoms with E-state index in [1.165, 1.54) is 0 Å². The number of halogens is 1. The average Bonchev–Trinajstić information content (AvgIpc) is 2.78. The smallest absolute Gasteiger partial charge is 0.240 e. The monoisotopic (exact) mass is 419 g/mol. The first-order valence-corrected chi connectivity index (χ1v) is 9.94. The molecule has 30 heavy (non-hydrogen) atoms. The molecular formula is C24H22ClN3O2. The fraction of sp³-hybridized carbons (Fsp3) is 0.125. The number of nitrogens with one attached hydrogen (secondary N) is 2. The van der Waals surface area contributed by atoms with Gasteiger partial charge in [0, 0.05) is 12.8 Å². The van der Waals surface area contributed by atoms with Crippen LogP contribution >= 0.6 is 11.6 Å². The molecular weight excluding hydrogens is 398 g/mol. The third kappa shape index (κ3) is 6.03. The molecule has 0 fully saturated rings. The van der Waals surface area contributed by atoms with E-state index in [2.05, 4.69) is 28.0 Å². The van der Waals surface area contributed by atoms with Crippen molar-refractivity contribution < 1.29 is 9.59 Å². The molecule has 152 valence electrons. The number of rotatable bonds is 7. The number of amides is 2. The molecule has 5 nitrogen and oxygen atoms in total. The van der Waals surface area contributed by atoms with Gasteiger partial charge in [-0.1, -0.05) is 78.3 Å². The van der Waals surface area contributed by atoms with Crippen molar-refractivity contribution in [1.29, 1.82) is 0 Å². The number of carbonyl (C=O) groups excluding carboxylic acids is 2. The van der Waals surface area contributed by atoms with Gasteiger partial charge in [0.15, 0.2) is 0 Å². The van der Waals surface area contributed by atoms with E-state index in [4.69, 9.17) is 11.6 Å². The second kappa shape index (κ2) is 10.4. The lowest BCUT2D eigenvalue weighted by Crippen LogP contribution is -2.21. The molecule has 3 aromatic carbocycles. The maximum absolute atomic E-state index is 12.0. The molecule has 0 unspecified atom stereocenters. The number of para-hydroxylation sites is 1. The van der Waals surface area contributed by atoms with Gasteiger partial charge in [0.2, 0.25) is 11.8 Å². The van der Waals surface area contributed by atoms with E-state index in [0.717, 1.165) is 16.7 Å². The minimum Gasteiger partial charge on any atom is -0.325 e. The third-order valence-corrected chi connectivity index (χ3v) is 4.81. The molecule has 6 heteroatoms. The van der Waals surface area contributed by atoms with Crippen molar-refractivity contribution in [3.8, 4) is 11.1 Å². The van der Waals surface area contributed by atoms with Crippen molar-refractivity contribution in [2.75, 3.05) is 5.32 Å². The lowest BCUT2D eigenvalue weighted by Gasteiger charge is -2.07. The molecule has 0 saturated carbocycles. The van der Waals surface area contributed by atoms with Crippen LogP contribution in [0.3, 0.4) is 0 Å². The Morgan fingerprint density at radius 3 is 2.10 bits per heavy atom. The van der Waals surface area contributed by atoms with E-state index >= 15 is 0 Å². The molecule has 3 rings (SSSR count). The molecule has 0 aromatic heterocycles. The second-order valence-corrected chi connectivity index (χ2v) is 7.11. The van der Waals surface area contributed by atoms with Crippen molar-refractivity contribution >= 4 is 34.8 Å². The summed E-state index contributed by atoms with van der Waals surface area (Å²) < 4.78 is 0. The van der Waals surface area contributed by atoms with Crippen molar-refractivity contribution in [1.82, 2.24) is 5.43 Å². The van der Waals surface area contributed by atoms with Gasteiger partial charge in [-0.15, -0.1) is 0 Å². The molecule has 0 bridgehead atoms. The Labute approximate surface area is 180 Å². The zero-order valence-corrected chi connectivity index (χ0v) is 17.3. The fourth-order valence-corrected chi connectivity index (χ4v) is 2.99. The van der Waals surface area contributed by atoms with Crippen LogP contribution in [0.5, 0.6) is 0 Å². The Bertz CT molecular complexity index is 1050. The van der Waals surface area contributed by atoms with Crippen molar-refractivity contribution in [3.63, 3.8) is 0 Å². The maximum Gasteiger partial charge on any atom is 0.240 e. The van der Waals surface area contributed by atoms with Crippen molar-refractivity contribution in [2.45, 2.75) is 19.8 Å². The number of nitrogens with zero attached hydrogens (tertiary/aromatic N) is 1. The Balaban J connectivity index is 1.49. The summed E-state index contributed by atoms with van der Waals surface area (Å²) in [6, 6.07) is 25.0. The van der Waals surface area contributed by atoms with Gasteiger partial charge in [-0.25, -0.2) is 5.43 Å². The third-order valence-electron chi connectivity index (χ3n) is 4.49. The molecule has 0 saturated heterocycles. The van der Waals surface area contributed by atoms with Gasteiger partial charge in [0.25, 0.3) is 0 Å². The van der Waals surface area contributed by atoms with E-state index in [1.54, 1.807) is 24.3 Å². The summed E-state index contributed by atoms with van der Waals surface area (Å²) in [4.78, 5) is 24.0. The van der Waals surface area contributed by atoms with Gasteiger partial charge in [-0.05, 0) is 35.7 Å². The highest BCUT2D eigenvalue weighted by Crippen LogP contribution is 2.21. The normalized spacial score (nSPS) is 11.1. The predicted molar refractivity (Wildman–Crippen MR) is 122 cm³/mol. The molecule has 2 amide bonds. The van der Waals surface area contributed by atoms with Crippen LogP contribution < -0.4 is 10.7 Å². The van der Waals surface area contributed by atoms with E-state index in [0.29, 0.717) is 16.4 Å². The number of hydrogen-bond donors (Lipinski definition) is 2. The molecule has 2 N–H and O–H groups in total. The first-order valence-electron chi connectivity index (χ1n) is 9.56. The Hall–Kier alpha value is -3.44. The summed E-state index contributed by atoms with van der Waals surface area (Å²) in [5.74, 6) is -0.611. The lowest BCUT2D eigenvalue weighted by atomic mass is 10.0. The second-order valence-electron chi connectivity index (χ2n) is 6.70. The van der Waals surface area contributed by atoms with Crippen LogP contribution in [0.25, 0.3) is 11.1 Å². The van der Waals surface area contributed by atoms with Gasteiger partial charge in [0.1, 0.15) is 0 Å². The van der Waals surface area contributed by atoms with Crippen LogP contribution in [0.15, 0.2) is 84.0 Å². The van der Waals surface area contributed by atoms with Crippen molar-refractivity contribution in [3.05, 3.63) is 89.4 Å². The van der Waals surface area contributed by atoms with E-state index in [9.17, 15) is 9.59 Å². The summed E-state index contributed by atoms with van der Waals surface area (Å²) in [7, 11) is 0. The fourth-order valence-electron chi connectivity index (χ4n) is 2.80. The van der Waals surface area contributed by atoms with Gasteiger partial charge in [0.05, 0.1) is 16.4 Å². The van der Waals surface area contributed by atoms with E-state index in [1.807, 2.05) is 49.4 Å². The molecule has 0 atom stereocenters. The van der Waals surface area contributed by atoms with Gasteiger partial charge < -0.3 is 5.32 Å². The highest BCUT2D eigenvalue weighted by Gasteiger charge is 2.09. The molecule has 0 radical (unpaired) electrons.